The van der Waals surface area contributed by atoms with E-state index in [0.29, 0.717) is 0 Å². The van der Waals surface area contributed by atoms with Crippen LogP contribution in [0.5, 0.6) is 0 Å². The van der Waals surface area contributed by atoms with Crippen molar-refractivity contribution in [2.45, 2.75) is 0 Å². The van der Waals surface area contributed by atoms with E-state index in [9.17, 15) is 0 Å². The zero-order chi connectivity index (χ0) is 38.3. The number of fused-ring (bicyclic) bond motifs is 16. The minimum atomic E-state index is 0.809. The zero-order valence-electron chi connectivity index (χ0n) is 31.6. The van der Waals surface area contributed by atoms with Gasteiger partial charge in [0.2, 0.25) is 0 Å². The summed E-state index contributed by atoms with van der Waals surface area (Å²) < 4.78 is 7.31. The quantitative estimate of drug-likeness (QED) is 0.180. The van der Waals surface area contributed by atoms with Crippen LogP contribution in [0.1, 0.15) is 0 Å². The smallest absolute Gasteiger partial charge is 0.165 e. The average Bonchev–Trinajstić information content (AvgIpc) is 4.02. The van der Waals surface area contributed by atoms with Crippen LogP contribution in [0.4, 0.5) is 0 Å². The molecule has 5 heteroatoms. The van der Waals surface area contributed by atoms with Gasteiger partial charge in [0.1, 0.15) is 5.69 Å². The van der Waals surface area contributed by atoms with Gasteiger partial charge in [-0.15, -0.1) is 0 Å². The van der Waals surface area contributed by atoms with Gasteiger partial charge in [0, 0.05) is 59.7 Å². The van der Waals surface area contributed by atoms with Crippen molar-refractivity contribution < 1.29 is 0 Å². The zero-order valence-corrected chi connectivity index (χ0v) is 31.6. The van der Waals surface area contributed by atoms with Crippen molar-refractivity contribution in [1.82, 2.24) is 23.5 Å². The van der Waals surface area contributed by atoms with Crippen LogP contribution < -0.4 is 0 Å². The molecule has 272 valence electrons. The molecule has 0 aliphatic heterocycles. The van der Waals surface area contributed by atoms with E-state index in [2.05, 4.69) is 202 Å². The monoisotopic (exact) mass is 749 g/mol. The van der Waals surface area contributed by atoms with E-state index in [4.69, 9.17) is 9.97 Å². The van der Waals surface area contributed by atoms with Gasteiger partial charge in [-0.25, -0.2) is 9.97 Å². The van der Waals surface area contributed by atoms with E-state index in [1.807, 2.05) is 0 Å². The molecule has 0 spiro atoms. The highest BCUT2D eigenvalue weighted by atomic mass is 15.1. The molecule has 5 aromatic heterocycles. The first-order valence-electron chi connectivity index (χ1n) is 20.2. The van der Waals surface area contributed by atoms with Gasteiger partial charge < -0.3 is 8.97 Å². The maximum Gasteiger partial charge on any atom is 0.165 e. The number of para-hydroxylation sites is 6. The Morgan fingerprint density at radius 3 is 1.71 bits per heavy atom. The number of rotatable bonds is 3. The van der Waals surface area contributed by atoms with Gasteiger partial charge in [0.15, 0.2) is 5.82 Å². The maximum atomic E-state index is 5.61. The molecule has 0 aliphatic carbocycles. The molecule has 14 aromatic rings. The highest BCUT2D eigenvalue weighted by Gasteiger charge is 2.27. The first kappa shape index (κ1) is 31.1. The standard InChI is InChI=1S/C54H31N5/c1-2-15-34(16-3-1)57-45-23-11-6-18-36(45)39-28-27-33(30-48(39)57)50-54(56-44-22-10-9-21-43(44)55-50)59-47-25-13-8-20-38(47)42-31-41-37-19-7-12-24-46(37)58-51-35-17-5-4-14-32(35)26-29-40(51)49(52(41)58)53(42)59/h1-31H. The lowest BCUT2D eigenvalue weighted by Gasteiger charge is -2.15. The van der Waals surface area contributed by atoms with Crippen LogP contribution in [-0.2, 0) is 0 Å². The van der Waals surface area contributed by atoms with Gasteiger partial charge in [0.05, 0.1) is 49.7 Å². The van der Waals surface area contributed by atoms with Crippen LogP contribution in [-0.4, -0.2) is 23.5 Å². The summed E-state index contributed by atoms with van der Waals surface area (Å²) in [5.74, 6) is 0.809. The van der Waals surface area contributed by atoms with Crippen LogP contribution in [0.3, 0.4) is 0 Å². The fourth-order valence-corrected chi connectivity index (χ4v) is 10.3. The van der Waals surface area contributed by atoms with Crippen LogP contribution in [0.25, 0.3) is 126 Å². The van der Waals surface area contributed by atoms with Crippen molar-refractivity contribution in [3.63, 3.8) is 0 Å². The van der Waals surface area contributed by atoms with Crippen molar-refractivity contribution in [1.29, 1.82) is 0 Å². The number of benzene rings is 9. The highest BCUT2D eigenvalue weighted by Crippen LogP contribution is 2.48. The number of nitrogens with zero attached hydrogens (tertiary/aromatic N) is 5. The molecule has 5 nitrogen and oxygen atoms in total. The van der Waals surface area contributed by atoms with E-state index in [-0.39, 0.29) is 0 Å². The number of hydrogen-bond acceptors (Lipinski definition) is 2. The van der Waals surface area contributed by atoms with E-state index >= 15 is 0 Å². The lowest BCUT2D eigenvalue weighted by atomic mass is 10.0. The molecule has 0 fully saturated rings. The molecule has 0 bridgehead atoms. The molecule has 0 unspecified atom stereocenters. The van der Waals surface area contributed by atoms with E-state index in [1.165, 1.54) is 75.9 Å². The molecule has 0 aliphatic rings. The second kappa shape index (κ2) is 11.3. The Hall–Kier alpha value is -8.02. The molecule has 0 N–H and O–H groups in total. The first-order valence-corrected chi connectivity index (χ1v) is 20.2. The first-order chi connectivity index (χ1) is 29.3. The second-order valence-electron chi connectivity index (χ2n) is 15.7. The van der Waals surface area contributed by atoms with Gasteiger partial charge in [-0.05, 0) is 60.0 Å². The van der Waals surface area contributed by atoms with Gasteiger partial charge in [-0.3, -0.25) is 4.57 Å². The fraction of sp³-hybridized carbons (Fsp3) is 0. The summed E-state index contributed by atoms with van der Waals surface area (Å²) in [5, 5.41) is 12.3. The summed E-state index contributed by atoms with van der Waals surface area (Å²) in [6, 6.07) is 67.9. The molecule has 0 amide bonds. The third-order valence-corrected chi connectivity index (χ3v) is 12.7. The van der Waals surface area contributed by atoms with E-state index in [1.54, 1.807) is 0 Å². The van der Waals surface area contributed by atoms with E-state index in [0.717, 1.165) is 50.3 Å². The normalized spacial score (nSPS) is 12.4. The Morgan fingerprint density at radius 1 is 0.339 bits per heavy atom. The van der Waals surface area contributed by atoms with Gasteiger partial charge in [0.25, 0.3) is 0 Å². The van der Waals surface area contributed by atoms with Gasteiger partial charge in [-0.2, -0.15) is 0 Å². The predicted octanol–water partition coefficient (Wildman–Crippen LogP) is 13.8. The Morgan fingerprint density at radius 2 is 0.915 bits per heavy atom. The third-order valence-electron chi connectivity index (χ3n) is 12.7. The Kier molecular flexibility index (Phi) is 5.96. The van der Waals surface area contributed by atoms with Crippen LogP contribution >= 0.6 is 0 Å². The summed E-state index contributed by atoms with van der Waals surface area (Å²) in [6.45, 7) is 0. The topological polar surface area (TPSA) is 40.0 Å². The molecular formula is C54H31N5. The molecule has 0 saturated carbocycles. The fourth-order valence-electron chi connectivity index (χ4n) is 10.3. The molecule has 9 aromatic carbocycles. The molecular weight excluding hydrogens is 719 g/mol. The molecule has 5 heterocycles. The largest absolute Gasteiger partial charge is 0.309 e. The van der Waals surface area contributed by atoms with Crippen molar-refractivity contribution in [3.05, 3.63) is 188 Å². The van der Waals surface area contributed by atoms with Crippen LogP contribution in [0.2, 0.25) is 0 Å². The summed E-state index contributed by atoms with van der Waals surface area (Å²) in [6.07, 6.45) is 0. The van der Waals surface area contributed by atoms with E-state index < -0.39 is 0 Å². The molecule has 59 heavy (non-hydrogen) atoms. The van der Waals surface area contributed by atoms with Crippen LogP contribution in [0.15, 0.2) is 188 Å². The lowest BCUT2D eigenvalue weighted by molar-refractivity contribution is 1.08. The minimum absolute atomic E-state index is 0.809. The average molecular weight is 750 g/mol. The summed E-state index contributed by atoms with van der Waals surface area (Å²) in [5.41, 5.74) is 12.9. The van der Waals surface area contributed by atoms with Gasteiger partial charge >= 0.3 is 0 Å². The lowest BCUT2D eigenvalue weighted by Crippen LogP contribution is -2.04. The number of hydrogen-bond donors (Lipinski definition) is 0. The Labute approximate surface area is 336 Å². The Bertz CT molecular complexity index is 4070. The number of aromatic nitrogens is 5. The predicted molar refractivity (Wildman–Crippen MR) is 246 cm³/mol. The summed E-state index contributed by atoms with van der Waals surface area (Å²) in [7, 11) is 0. The van der Waals surface area contributed by atoms with Crippen LogP contribution in [0, 0.1) is 0 Å². The minimum Gasteiger partial charge on any atom is -0.309 e. The maximum absolute atomic E-state index is 5.61. The Balaban J connectivity index is 1.18. The molecule has 0 atom stereocenters. The van der Waals surface area contributed by atoms with Gasteiger partial charge in [-0.1, -0.05) is 133 Å². The molecule has 14 rings (SSSR count). The highest BCUT2D eigenvalue weighted by molar-refractivity contribution is 6.36. The molecule has 0 saturated heterocycles. The summed E-state index contributed by atoms with van der Waals surface area (Å²) in [4.78, 5) is 11.1. The third kappa shape index (κ3) is 4.03. The van der Waals surface area contributed by atoms with Crippen molar-refractivity contribution in [2.24, 2.45) is 0 Å². The van der Waals surface area contributed by atoms with Crippen molar-refractivity contribution in [3.8, 4) is 22.8 Å². The second-order valence-corrected chi connectivity index (χ2v) is 15.7. The SMILES string of the molecule is c1ccc(-n2c3ccccc3c3ccc(-c4nc5ccccc5nc4-n4c5ccccc5c5cc6c7ccccc7n7c8c9ccccc9ccc8c(c54)c67)cc32)cc1. The summed E-state index contributed by atoms with van der Waals surface area (Å²) >= 11 is 0. The van der Waals surface area contributed by atoms with Crippen molar-refractivity contribution >= 4 is 104 Å². The van der Waals surface area contributed by atoms with Crippen molar-refractivity contribution in [2.75, 3.05) is 0 Å². The molecule has 0 radical (unpaired) electrons.